The number of carboxylic acid groups (broad SMARTS) is 1. The molecule has 0 spiro atoms. The third kappa shape index (κ3) is 2.59. The molecule has 21 heavy (non-hydrogen) atoms. The second-order valence-corrected chi connectivity index (χ2v) is 8.30. The van der Waals surface area contributed by atoms with E-state index in [4.69, 9.17) is 5.73 Å². The first-order valence-corrected chi connectivity index (χ1v) is 9.05. The zero-order valence-electron chi connectivity index (χ0n) is 11.1. The van der Waals surface area contributed by atoms with Gasteiger partial charge >= 0.3 is 5.97 Å². The molecule has 1 fully saturated rings. The molecule has 0 bridgehead atoms. The summed E-state index contributed by atoms with van der Waals surface area (Å²) < 4.78 is 1.04. The summed E-state index contributed by atoms with van der Waals surface area (Å²) in [7, 11) is 0. The maximum atomic E-state index is 11.8. The van der Waals surface area contributed by atoms with Gasteiger partial charge in [0.1, 0.15) is 17.1 Å². The van der Waals surface area contributed by atoms with Gasteiger partial charge < -0.3 is 10.8 Å². The highest BCUT2D eigenvalue weighted by molar-refractivity contribution is 8.02. The van der Waals surface area contributed by atoms with Crippen molar-refractivity contribution in [2.75, 3.05) is 11.5 Å². The van der Waals surface area contributed by atoms with Crippen LogP contribution in [0.4, 0.5) is 0 Å². The van der Waals surface area contributed by atoms with Crippen LogP contribution in [0.3, 0.4) is 0 Å². The quantitative estimate of drug-likeness (QED) is 0.625. The number of carbonyl (C=O) groups is 2. The largest absolute Gasteiger partial charge is 0.477 e. The molecule has 1 aromatic heterocycles. The van der Waals surface area contributed by atoms with E-state index in [1.165, 1.54) is 16.7 Å². The van der Waals surface area contributed by atoms with Gasteiger partial charge in [-0.1, -0.05) is 0 Å². The molecular weight excluding hydrogens is 330 g/mol. The Labute approximate surface area is 133 Å². The summed E-state index contributed by atoms with van der Waals surface area (Å²) >= 11 is 4.66. The van der Waals surface area contributed by atoms with Crippen molar-refractivity contribution in [2.45, 2.75) is 22.5 Å². The average molecular weight is 343 g/mol. The highest BCUT2D eigenvalue weighted by atomic mass is 32.2. The molecule has 1 saturated heterocycles. The third-order valence-electron chi connectivity index (χ3n) is 3.28. The molecule has 3 N–H and O–H groups in total. The smallest absolute Gasteiger partial charge is 0.352 e. The number of aliphatic carboxylic acids is 1. The van der Waals surface area contributed by atoms with Gasteiger partial charge in [-0.3, -0.25) is 9.69 Å². The Kier molecular flexibility index (Phi) is 4.00. The first-order chi connectivity index (χ1) is 9.99. The molecule has 2 atom stereocenters. The predicted molar refractivity (Wildman–Crippen MR) is 83.3 cm³/mol. The number of aromatic nitrogens is 1. The lowest BCUT2D eigenvalue weighted by Crippen LogP contribution is -2.68. The number of aryl methyl sites for hydroxylation is 1. The van der Waals surface area contributed by atoms with Crippen molar-refractivity contribution in [1.29, 1.82) is 0 Å². The highest BCUT2D eigenvalue weighted by Crippen LogP contribution is 2.41. The van der Waals surface area contributed by atoms with Crippen LogP contribution >= 0.6 is 34.9 Å². The van der Waals surface area contributed by atoms with E-state index in [-0.39, 0.29) is 17.0 Å². The van der Waals surface area contributed by atoms with Gasteiger partial charge in [0.15, 0.2) is 0 Å². The first kappa shape index (κ1) is 14.9. The van der Waals surface area contributed by atoms with E-state index >= 15 is 0 Å². The van der Waals surface area contributed by atoms with Gasteiger partial charge in [-0.15, -0.1) is 34.9 Å². The highest BCUT2D eigenvalue weighted by Gasteiger charge is 2.51. The number of thioether (sulfide) groups is 2. The number of hydrogen-bond donors (Lipinski definition) is 2. The Hall–Kier alpha value is -1.03. The molecule has 3 rings (SSSR count). The fourth-order valence-corrected chi connectivity index (χ4v) is 5.64. The maximum Gasteiger partial charge on any atom is 0.352 e. The summed E-state index contributed by atoms with van der Waals surface area (Å²) in [6, 6.07) is -0.581. The minimum absolute atomic E-state index is 0.110. The first-order valence-electron chi connectivity index (χ1n) is 6.20. The fourth-order valence-electron chi connectivity index (χ4n) is 2.26. The lowest BCUT2D eigenvalue weighted by Gasteiger charge is -2.48. The normalized spacial score (nSPS) is 24.9. The molecular formula is C12H13N3O3S3. The maximum absolute atomic E-state index is 11.8. The Morgan fingerprint density at radius 3 is 3.05 bits per heavy atom. The molecule has 0 saturated carbocycles. The van der Waals surface area contributed by atoms with Gasteiger partial charge in [-0.25, -0.2) is 9.78 Å². The molecule has 1 aromatic rings. The van der Waals surface area contributed by atoms with Crippen molar-refractivity contribution in [1.82, 2.24) is 9.88 Å². The Balaban J connectivity index is 1.81. The van der Waals surface area contributed by atoms with Gasteiger partial charge in [-0.2, -0.15) is 0 Å². The van der Waals surface area contributed by atoms with Crippen LogP contribution < -0.4 is 5.73 Å². The van der Waals surface area contributed by atoms with Gasteiger partial charge in [0.25, 0.3) is 0 Å². The number of rotatable bonds is 4. The van der Waals surface area contributed by atoms with Crippen LogP contribution in [0.25, 0.3) is 0 Å². The fraction of sp³-hybridized carbons (Fsp3) is 0.417. The van der Waals surface area contributed by atoms with E-state index in [0.717, 1.165) is 14.8 Å². The van der Waals surface area contributed by atoms with E-state index in [0.29, 0.717) is 11.5 Å². The molecule has 9 heteroatoms. The van der Waals surface area contributed by atoms with Gasteiger partial charge in [0.05, 0.1) is 15.4 Å². The van der Waals surface area contributed by atoms with Crippen LogP contribution in [-0.2, 0) is 9.59 Å². The average Bonchev–Trinajstić information content (AvgIpc) is 2.88. The van der Waals surface area contributed by atoms with Crippen LogP contribution in [0.1, 0.15) is 5.01 Å². The number of thiazole rings is 1. The molecule has 112 valence electrons. The zero-order valence-corrected chi connectivity index (χ0v) is 13.6. The summed E-state index contributed by atoms with van der Waals surface area (Å²) in [5, 5.41) is 10.2. The van der Waals surface area contributed by atoms with Crippen LogP contribution in [-0.4, -0.2) is 49.8 Å². The molecule has 0 aromatic carbocycles. The van der Waals surface area contributed by atoms with Gasteiger partial charge in [-0.05, 0) is 12.5 Å². The summed E-state index contributed by atoms with van der Waals surface area (Å²) in [5.74, 6) is -0.228. The summed E-state index contributed by atoms with van der Waals surface area (Å²) in [4.78, 5) is 28.8. The Morgan fingerprint density at radius 2 is 2.43 bits per heavy atom. The second-order valence-electron chi connectivity index (χ2n) is 4.68. The van der Waals surface area contributed by atoms with Crippen molar-refractivity contribution in [3.05, 3.63) is 22.5 Å². The number of nitrogens with two attached hydrogens (primary N) is 1. The van der Waals surface area contributed by atoms with Crippen molar-refractivity contribution in [2.24, 2.45) is 5.73 Å². The van der Waals surface area contributed by atoms with Gasteiger partial charge in [0.2, 0.25) is 5.91 Å². The minimum Gasteiger partial charge on any atom is -0.477 e. The van der Waals surface area contributed by atoms with E-state index in [9.17, 15) is 14.7 Å². The summed E-state index contributed by atoms with van der Waals surface area (Å²) in [5.41, 5.74) is 6.59. The predicted octanol–water partition coefficient (Wildman–Crippen LogP) is 1.12. The molecule has 3 heterocycles. The van der Waals surface area contributed by atoms with Crippen LogP contribution in [0.2, 0.25) is 0 Å². The molecule has 1 unspecified atom stereocenters. The van der Waals surface area contributed by atoms with E-state index < -0.39 is 12.0 Å². The van der Waals surface area contributed by atoms with Crippen LogP contribution in [0.15, 0.2) is 21.7 Å². The van der Waals surface area contributed by atoms with Crippen LogP contribution in [0.5, 0.6) is 0 Å². The van der Waals surface area contributed by atoms with Gasteiger partial charge in [0, 0.05) is 11.5 Å². The minimum atomic E-state index is -1.06. The topological polar surface area (TPSA) is 96.5 Å². The SMILES string of the molecule is Cc1ncc(SCC2=C(C(=O)O)N3C(=O)C(N)[C@H]3SC2)s1. The molecule has 0 aliphatic carbocycles. The number of β-lactam (4-membered cyclic amide) rings is 1. The molecule has 6 nitrogen and oxygen atoms in total. The zero-order chi connectivity index (χ0) is 15.1. The van der Waals surface area contributed by atoms with Crippen molar-refractivity contribution in [3.63, 3.8) is 0 Å². The number of amides is 1. The molecule has 2 aliphatic rings. The molecule has 2 aliphatic heterocycles. The number of nitrogens with zero attached hydrogens (tertiary/aromatic N) is 2. The summed E-state index contributed by atoms with van der Waals surface area (Å²) in [6.07, 6.45) is 1.79. The summed E-state index contributed by atoms with van der Waals surface area (Å²) in [6.45, 7) is 1.93. The van der Waals surface area contributed by atoms with Crippen molar-refractivity contribution < 1.29 is 14.7 Å². The molecule has 0 radical (unpaired) electrons. The third-order valence-corrected chi connectivity index (χ3v) is 6.83. The molecule has 1 amide bonds. The number of fused-ring (bicyclic) bond motifs is 1. The number of carbonyl (C=O) groups excluding carboxylic acids is 1. The Morgan fingerprint density at radius 1 is 1.67 bits per heavy atom. The monoisotopic (exact) mass is 343 g/mol. The lowest BCUT2D eigenvalue weighted by atomic mass is 10.0. The second kappa shape index (κ2) is 5.64. The van der Waals surface area contributed by atoms with E-state index in [1.807, 2.05) is 6.92 Å². The lowest BCUT2D eigenvalue weighted by molar-refractivity contribution is -0.147. The van der Waals surface area contributed by atoms with Crippen molar-refractivity contribution >= 4 is 46.7 Å². The number of carboxylic acids is 1. The van der Waals surface area contributed by atoms with E-state index in [1.54, 1.807) is 29.3 Å². The van der Waals surface area contributed by atoms with Crippen molar-refractivity contribution in [3.8, 4) is 0 Å². The number of hydrogen-bond acceptors (Lipinski definition) is 7. The van der Waals surface area contributed by atoms with E-state index in [2.05, 4.69) is 4.98 Å². The Bertz CT molecular complexity index is 643. The van der Waals surface area contributed by atoms with Crippen LogP contribution in [0, 0.1) is 6.92 Å². The standard InChI is InChI=1S/C12H13N3O3S3/c1-5-14-2-7(21-5)19-3-6-4-20-11-8(13)10(16)15(11)9(6)12(17)18/h2,8,11H,3-4,13H2,1H3,(H,17,18)/t8?,11-/m1/s1.